The maximum Gasteiger partial charge on any atom is 0.256 e. The molecule has 1 unspecified atom stereocenters. The van der Waals surface area contributed by atoms with Gasteiger partial charge in [-0.15, -0.1) is 11.3 Å². The minimum Gasteiger partial charge on any atom is -0.372 e. The Kier molecular flexibility index (Phi) is 6.36. The third kappa shape index (κ3) is 4.57. The van der Waals surface area contributed by atoms with Crippen molar-refractivity contribution < 1.29 is 19.2 Å². The van der Waals surface area contributed by atoms with Gasteiger partial charge in [0.05, 0.1) is 18.5 Å². The molecular weight excluding hydrogens is 452 g/mol. The van der Waals surface area contributed by atoms with Crippen molar-refractivity contribution in [3.05, 3.63) is 51.2 Å². The maximum absolute atomic E-state index is 12.9. The second-order valence-corrected chi connectivity index (χ2v) is 10.1. The van der Waals surface area contributed by atoms with Crippen LogP contribution in [0.25, 0.3) is 0 Å². The van der Waals surface area contributed by atoms with Gasteiger partial charge in [-0.1, -0.05) is 12.1 Å². The summed E-state index contributed by atoms with van der Waals surface area (Å²) >= 11 is 1.45. The fourth-order valence-electron chi connectivity index (χ4n) is 4.99. The van der Waals surface area contributed by atoms with Gasteiger partial charge in [-0.2, -0.15) is 0 Å². The molecule has 2 aromatic rings. The third-order valence-electron chi connectivity index (χ3n) is 6.83. The molecule has 3 aliphatic rings. The monoisotopic (exact) mass is 480 g/mol. The van der Waals surface area contributed by atoms with Crippen LogP contribution in [0, 0.1) is 0 Å². The molecule has 0 saturated carbocycles. The lowest BCUT2D eigenvalue weighted by atomic mass is 10.0. The normalized spacial score (nSPS) is 20.4. The van der Waals surface area contributed by atoms with E-state index < -0.39 is 11.9 Å². The number of hydrogen-bond donors (Lipinski definition) is 2. The van der Waals surface area contributed by atoms with Crippen molar-refractivity contribution in [2.24, 2.45) is 0 Å². The Balaban J connectivity index is 1.19. The minimum absolute atomic E-state index is 0.0655. The predicted octanol–water partition coefficient (Wildman–Crippen LogP) is 2.36. The van der Waals surface area contributed by atoms with E-state index in [9.17, 15) is 19.2 Å². The van der Waals surface area contributed by atoms with Gasteiger partial charge in [0.25, 0.3) is 5.91 Å². The van der Waals surface area contributed by atoms with E-state index in [2.05, 4.69) is 27.7 Å². The van der Waals surface area contributed by atoms with Gasteiger partial charge in [-0.25, -0.2) is 0 Å². The van der Waals surface area contributed by atoms with Crippen molar-refractivity contribution in [1.29, 1.82) is 0 Å². The average Bonchev–Trinajstić information content (AvgIpc) is 3.38. The van der Waals surface area contributed by atoms with Crippen LogP contribution in [-0.4, -0.2) is 47.7 Å². The van der Waals surface area contributed by atoms with E-state index in [4.69, 9.17) is 0 Å². The Labute approximate surface area is 202 Å². The summed E-state index contributed by atoms with van der Waals surface area (Å²) < 4.78 is 0. The van der Waals surface area contributed by atoms with Crippen LogP contribution in [0.2, 0.25) is 0 Å². The van der Waals surface area contributed by atoms with Gasteiger partial charge in [-0.3, -0.25) is 24.5 Å². The molecule has 3 aliphatic heterocycles. The van der Waals surface area contributed by atoms with Gasteiger partial charge in [0.15, 0.2) is 0 Å². The van der Waals surface area contributed by atoms with E-state index in [1.54, 1.807) is 5.38 Å². The molecule has 0 spiro atoms. The number of carbonyl (C=O) groups excluding carboxylic acids is 4. The summed E-state index contributed by atoms with van der Waals surface area (Å²) in [6.45, 7) is 2.80. The van der Waals surface area contributed by atoms with Crippen LogP contribution in [0.1, 0.15) is 58.5 Å². The Morgan fingerprint density at radius 3 is 2.76 bits per heavy atom. The van der Waals surface area contributed by atoms with Crippen molar-refractivity contribution in [3.8, 4) is 0 Å². The van der Waals surface area contributed by atoms with Crippen LogP contribution in [-0.2, 0) is 33.9 Å². The van der Waals surface area contributed by atoms with E-state index in [-0.39, 0.29) is 24.1 Å². The largest absolute Gasteiger partial charge is 0.372 e. The van der Waals surface area contributed by atoms with Crippen molar-refractivity contribution >= 4 is 40.7 Å². The molecule has 1 atom stereocenters. The Bertz CT molecular complexity index is 1140. The molecule has 178 valence electrons. The average molecular weight is 481 g/mol. The van der Waals surface area contributed by atoms with Crippen molar-refractivity contribution in [2.75, 3.05) is 18.0 Å². The lowest BCUT2D eigenvalue weighted by Crippen LogP contribution is -2.52. The first-order chi connectivity index (χ1) is 16.5. The molecule has 4 amide bonds. The van der Waals surface area contributed by atoms with E-state index in [1.807, 2.05) is 12.1 Å². The third-order valence-corrected chi connectivity index (χ3v) is 7.86. The minimum atomic E-state index is -0.628. The standard InChI is InChI=1S/C25H28N4O4S/c30-22-8-7-20(24(32)27-22)29-14-18-19(25(29)33)15-34-21(18)13-26-23(31)12-16-5-4-6-17(11-16)28-9-2-1-3-10-28/h4-6,11,15,20H,1-3,7-10,12-14H2,(H,26,31)(H,27,30,32). The molecule has 2 fully saturated rings. The molecule has 4 heterocycles. The lowest BCUT2D eigenvalue weighted by molar-refractivity contribution is -0.137. The summed E-state index contributed by atoms with van der Waals surface area (Å²) in [4.78, 5) is 54.0. The number of thiophene rings is 1. The van der Waals surface area contributed by atoms with E-state index >= 15 is 0 Å². The van der Waals surface area contributed by atoms with Crippen molar-refractivity contribution in [2.45, 2.75) is 57.7 Å². The van der Waals surface area contributed by atoms with Gasteiger partial charge >= 0.3 is 0 Å². The molecule has 0 bridgehead atoms. The predicted molar refractivity (Wildman–Crippen MR) is 128 cm³/mol. The van der Waals surface area contributed by atoms with Crippen LogP contribution < -0.4 is 15.5 Å². The maximum atomic E-state index is 12.9. The number of nitrogens with one attached hydrogen (secondary N) is 2. The highest BCUT2D eigenvalue weighted by Crippen LogP contribution is 2.33. The van der Waals surface area contributed by atoms with Crippen molar-refractivity contribution in [3.63, 3.8) is 0 Å². The molecular formula is C25H28N4O4S. The van der Waals surface area contributed by atoms with Gasteiger partial charge in [0, 0.05) is 42.0 Å². The molecule has 0 aliphatic carbocycles. The molecule has 2 N–H and O–H groups in total. The number of piperidine rings is 2. The second kappa shape index (κ2) is 9.58. The number of hydrogen-bond acceptors (Lipinski definition) is 6. The number of amides is 4. The zero-order chi connectivity index (χ0) is 23.7. The zero-order valence-corrected chi connectivity index (χ0v) is 19.8. The highest BCUT2D eigenvalue weighted by molar-refractivity contribution is 7.10. The van der Waals surface area contributed by atoms with Gasteiger partial charge in [-0.05, 0) is 48.9 Å². The van der Waals surface area contributed by atoms with Crippen LogP contribution in [0.3, 0.4) is 0 Å². The number of fused-ring (bicyclic) bond motifs is 1. The highest BCUT2D eigenvalue weighted by atomic mass is 32.1. The zero-order valence-electron chi connectivity index (χ0n) is 19.0. The number of anilines is 1. The summed E-state index contributed by atoms with van der Waals surface area (Å²) in [5.74, 6) is -0.968. The molecule has 5 rings (SSSR count). The SMILES string of the molecule is O=C(Cc1cccc(N2CCCCC2)c1)NCc1scc2c1CN(C1CCC(=O)NC1=O)C2=O. The number of nitrogens with zero attached hydrogens (tertiary/aromatic N) is 2. The fourth-order valence-corrected chi connectivity index (χ4v) is 5.97. The van der Waals surface area contributed by atoms with Crippen LogP contribution in [0.4, 0.5) is 5.69 Å². The molecule has 9 heteroatoms. The number of imide groups is 1. The summed E-state index contributed by atoms with van der Waals surface area (Å²) in [6.07, 6.45) is 4.57. The number of rotatable bonds is 6. The summed E-state index contributed by atoms with van der Waals surface area (Å²) in [5.41, 5.74) is 3.62. The first kappa shape index (κ1) is 22.6. The van der Waals surface area contributed by atoms with E-state index in [0.717, 1.165) is 29.1 Å². The van der Waals surface area contributed by atoms with Gasteiger partial charge in [0.1, 0.15) is 6.04 Å². The van der Waals surface area contributed by atoms with Gasteiger partial charge < -0.3 is 15.1 Å². The van der Waals surface area contributed by atoms with E-state index in [1.165, 1.54) is 41.2 Å². The topological polar surface area (TPSA) is 98.8 Å². The fraction of sp³-hybridized carbons (Fsp3) is 0.440. The summed E-state index contributed by atoms with van der Waals surface area (Å²) in [7, 11) is 0. The van der Waals surface area contributed by atoms with Crippen LogP contribution in [0.5, 0.6) is 0 Å². The first-order valence-electron chi connectivity index (χ1n) is 11.8. The molecule has 8 nitrogen and oxygen atoms in total. The smallest absolute Gasteiger partial charge is 0.256 e. The Morgan fingerprint density at radius 1 is 1.15 bits per heavy atom. The van der Waals surface area contributed by atoms with Crippen LogP contribution >= 0.6 is 11.3 Å². The Hall–Kier alpha value is -3.20. The molecule has 2 saturated heterocycles. The lowest BCUT2D eigenvalue weighted by Gasteiger charge is -2.29. The van der Waals surface area contributed by atoms with E-state index in [0.29, 0.717) is 31.5 Å². The van der Waals surface area contributed by atoms with Crippen LogP contribution in [0.15, 0.2) is 29.6 Å². The Morgan fingerprint density at radius 2 is 1.97 bits per heavy atom. The second-order valence-electron chi connectivity index (χ2n) is 9.12. The molecule has 1 aromatic carbocycles. The quantitative estimate of drug-likeness (QED) is 0.619. The summed E-state index contributed by atoms with van der Waals surface area (Å²) in [5, 5.41) is 7.11. The highest BCUT2D eigenvalue weighted by Gasteiger charge is 2.40. The molecule has 1 aromatic heterocycles. The first-order valence-corrected chi connectivity index (χ1v) is 12.7. The number of carbonyl (C=O) groups is 4. The molecule has 0 radical (unpaired) electrons. The summed E-state index contributed by atoms with van der Waals surface area (Å²) in [6, 6.07) is 7.56. The van der Waals surface area contributed by atoms with Gasteiger partial charge in [0.2, 0.25) is 17.7 Å². The number of benzene rings is 1. The van der Waals surface area contributed by atoms with Crippen molar-refractivity contribution in [1.82, 2.24) is 15.5 Å². The molecule has 34 heavy (non-hydrogen) atoms.